The molecule has 3 fully saturated rings. The van der Waals surface area contributed by atoms with Gasteiger partial charge in [0.25, 0.3) is 0 Å². The van der Waals surface area contributed by atoms with E-state index in [2.05, 4.69) is 53.3 Å². The largest absolute Gasteiger partial charge is 0.393 e. The van der Waals surface area contributed by atoms with Gasteiger partial charge in [0, 0.05) is 6.42 Å². The fourth-order valence-electron chi connectivity index (χ4n) is 6.74. The first-order valence-corrected chi connectivity index (χ1v) is 12.6. The molecule has 2 N–H and O–H groups in total. The van der Waals surface area contributed by atoms with E-state index in [0.717, 1.165) is 34.8 Å². The number of hydrogen-bond donors (Lipinski definition) is 2. The van der Waals surface area contributed by atoms with E-state index >= 15 is 0 Å². The van der Waals surface area contributed by atoms with Gasteiger partial charge in [-0.25, -0.2) is 0 Å². The van der Waals surface area contributed by atoms with Crippen molar-refractivity contribution >= 4 is 0 Å². The molecule has 0 aromatic carbocycles. The first-order valence-electron chi connectivity index (χ1n) is 12.6. The average molecular weight is 415 g/mol. The van der Waals surface area contributed by atoms with E-state index < -0.39 is 12.2 Å². The number of allylic oxidation sites excluding steroid dienone is 3. The molecule has 0 aliphatic heterocycles. The quantitative estimate of drug-likeness (QED) is 0.500. The summed E-state index contributed by atoms with van der Waals surface area (Å²) < 4.78 is 0. The zero-order valence-electron chi connectivity index (χ0n) is 20.2. The standard InChI is InChI=1S/C28H46O2/c1-18(2)19(3)9-10-20(4)25-13-14-26-22(8-7-15-28(25,26)6)11-12-23-16-24(29)17-27(30)21(23)5/h11-12,18-20,24-27,29-30H,5,7-10,13-17H2,1-4,6H3/b22-11+,23-12-/t19-,20+,24-,25+,26-,27+,28+/m0/s1. The maximum absolute atomic E-state index is 10.1. The highest BCUT2D eigenvalue weighted by Gasteiger charge is 2.50. The second-order valence-corrected chi connectivity index (χ2v) is 11.4. The maximum atomic E-state index is 10.1. The third-order valence-corrected chi connectivity index (χ3v) is 9.20. The third-order valence-electron chi connectivity index (χ3n) is 9.20. The average Bonchev–Trinajstić information content (AvgIpc) is 3.04. The van der Waals surface area contributed by atoms with Crippen molar-refractivity contribution in [3.63, 3.8) is 0 Å². The second-order valence-electron chi connectivity index (χ2n) is 11.4. The van der Waals surface area contributed by atoms with Crippen LogP contribution in [-0.2, 0) is 0 Å². The highest BCUT2D eigenvalue weighted by molar-refractivity contribution is 5.38. The minimum absolute atomic E-state index is 0.419. The Labute approximate surface area is 185 Å². The SMILES string of the molecule is C=C1/C(=C\C=C2/CCC[C@]3(C)[C@@H]([C@H](C)CC[C@H](C)C(C)C)CC[C@@H]23)C[C@H](O)C[C@H]1O. The van der Waals surface area contributed by atoms with Crippen LogP contribution >= 0.6 is 0 Å². The molecule has 0 aromatic rings. The normalized spacial score (nSPS) is 39.5. The Morgan fingerprint density at radius 1 is 1.10 bits per heavy atom. The number of aliphatic hydroxyl groups excluding tert-OH is 2. The van der Waals surface area contributed by atoms with E-state index in [-0.39, 0.29) is 0 Å². The van der Waals surface area contributed by atoms with E-state index in [4.69, 9.17) is 0 Å². The zero-order chi connectivity index (χ0) is 22.1. The maximum Gasteiger partial charge on any atom is 0.0811 e. The molecule has 3 saturated carbocycles. The lowest BCUT2D eigenvalue weighted by atomic mass is 9.60. The van der Waals surface area contributed by atoms with Crippen LogP contribution in [0.4, 0.5) is 0 Å². The lowest BCUT2D eigenvalue weighted by molar-refractivity contribution is 0.0861. The van der Waals surface area contributed by atoms with Gasteiger partial charge in [0.2, 0.25) is 0 Å². The number of aliphatic hydroxyl groups is 2. The van der Waals surface area contributed by atoms with Gasteiger partial charge >= 0.3 is 0 Å². The molecule has 0 spiro atoms. The van der Waals surface area contributed by atoms with Crippen molar-refractivity contribution in [1.82, 2.24) is 0 Å². The van der Waals surface area contributed by atoms with Crippen molar-refractivity contribution in [1.29, 1.82) is 0 Å². The summed E-state index contributed by atoms with van der Waals surface area (Å²) in [6, 6.07) is 0. The zero-order valence-corrected chi connectivity index (χ0v) is 20.2. The van der Waals surface area contributed by atoms with Crippen molar-refractivity contribution in [2.75, 3.05) is 0 Å². The molecule has 0 bridgehead atoms. The van der Waals surface area contributed by atoms with Gasteiger partial charge in [0.1, 0.15) is 0 Å². The van der Waals surface area contributed by atoms with Crippen LogP contribution in [0.25, 0.3) is 0 Å². The minimum atomic E-state index is -0.597. The van der Waals surface area contributed by atoms with E-state index in [1.807, 2.05) is 0 Å². The Hall–Kier alpha value is -0.860. The molecule has 0 unspecified atom stereocenters. The molecule has 0 heterocycles. The highest BCUT2D eigenvalue weighted by atomic mass is 16.3. The van der Waals surface area contributed by atoms with Crippen molar-refractivity contribution < 1.29 is 10.2 Å². The first kappa shape index (κ1) is 23.8. The van der Waals surface area contributed by atoms with E-state index in [0.29, 0.717) is 24.2 Å². The van der Waals surface area contributed by atoms with Crippen LogP contribution in [0.1, 0.15) is 92.4 Å². The van der Waals surface area contributed by atoms with Crippen molar-refractivity contribution in [3.05, 3.63) is 35.5 Å². The summed E-state index contributed by atoms with van der Waals surface area (Å²) in [5, 5.41) is 20.2. The molecular weight excluding hydrogens is 368 g/mol. The Kier molecular flexibility index (Phi) is 7.72. The molecule has 3 rings (SSSR count). The van der Waals surface area contributed by atoms with E-state index in [1.54, 1.807) is 5.57 Å². The highest BCUT2D eigenvalue weighted by Crippen LogP contribution is 2.60. The van der Waals surface area contributed by atoms with Crippen LogP contribution in [0.3, 0.4) is 0 Å². The van der Waals surface area contributed by atoms with Gasteiger partial charge in [-0.15, -0.1) is 0 Å². The molecule has 30 heavy (non-hydrogen) atoms. The van der Waals surface area contributed by atoms with Gasteiger partial charge in [-0.05, 0) is 84.7 Å². The topological polar surface area (TPSA) is 40.5 Å². The molecule has 170 valence electrons. The molecule has 0 aromatic heterocycles. The summed E-state index contributed by atoms with van der Waals surface area (Å²) in [6.45, 7) is 16.3. The molecule has 0 saturated heterocycles. The van der Waals surface area contributed by atoms with Crippen LogP contribution in [-0.4, -0.2) is 22.4 Å². The summed E-state index contributed by atoms with van der Waals surface area (Å²) >= 11 is 0. The van der Waals surface area contributed by atoms with Crippen LogP contribution in [0.2, 0.25) is 0 Å². The van der Waals surface area contributed by atoms with Crippen molar-refractivity contribution in [2.45, 2.75) is 105 Å². The smallest absolute Gasteiger partial charge is 0.0811 e. The monoisotopic (exact) mass is 414 g/mol. The van der Waals surface area contributed by atoms with Gasteiger partial charge < -0.3 is 10.2 Å². The lowest BCUT2D eigenvalue weighted by Crippen LogP contribution is -2.36. The molecular formula is C28H46O2. The van der Waals surface area contributed by atoms with Crippen molar-refractivity contribution in [2.24, 2.45) is 35.0 Å². The molecule has 3 aliphatic carbocycles. The van der Waals surface area contributed by atoms with Gasteiger partial charge in [0.05, 0.1) is 12.2 Å². The summed E-state index contributed by atoms with van der Waals surface area (Å²) in [5.74, 6) is 3.95. The number of hydrogen-bond acceptors (Lipinski definition) is 2. The molecule has 7 atom stereocenters. The Bertz CT molecular complexity index is 672. The van der Waals surface area contributed by atoms with Crippen LogP contribution in [0.5, 0.6) is 0 Å². The molecule has 2 nitrogen and oxygen atoms in total. The van der Waals surface area contributed by atoms with Crippen LogP contribution in [0.15, 0.2) is 35.5 Å². The van der Waals surface area contributed by atoms with Crippen molar-refractivity contribution in [3.8, 4) is 0 Å². The Morgan fingerprint density at radius 2 is 1.83 bits per heavy atom. The van der Waals surface area contributed by atoms with E-state index in [1.165, 1.54) is 44.9 Å². The van der Waals surface area contributed by atoms with Gasteiger partial charge in [-0.3, -0.25) is 0 Å². The first-order chi connectivity index (χ1) is 14.1. The second kappa shape index (κ2) is 9.74. The number of rotatable bonds is 6. The predicted octanol–water partition coefficient (Wildman–Crippen LogP) is 6.84. The van der Waals surface area contributed by atoms with Gasteiger partial charge in [0.15, 0.2) is 0 Å². The van der Waals surface area contributed by atoms with Gasteiger partial charge in [-0.1, -0.05) is 71.8 Å². The fraction of sp³-hybridized carbons (Fsp3) is 0.786. The Balaban J connectivity index is 1.72. The molecule has 0 radical (unpaired) electrons. The molecule has 2 heteroatoms. The lowest BCUT2D eigenvalue weighted by Gasteiger charge is -2.44. The Morgan fingerprint density at radius 3 is 2.53 bits per heavy atom. The third kappa shape index (κ3) is 4.96. The van der Waals surface area contributed by atoms with Gasteiger partial charge in [-0.2, -0.15) is 0 Å². The molecule has 0 amide bonds. The summed E-state index contributed by atoms with van der Waals surface area (Å²) in [7, 11) is 0. The summed E-state index contributed by atoms with van der Waals surface area (Å²) in [5.41, 5.74) is 3.87. The minimum Gasteiger partial charge on any atom is -0.393 e. The molecule has 3 aliphatic rings. The summed E-state index contributed by atoms with van der Waals surface area (Å²) in [4.78, 5) is 0. The fourth-order valence-corrected chi connectivity index (χ4v) is 6.74. The predicted molar refractivity (Wildman–Crippen MR) is 127 cm³/mol. The van der Waals surface area contributed by atoms with E-state index in [9.17, 15) is 10.2 Å². The number of fused-ring (bicyclic) bond motifs is 1. The van der Waals surface area contributed by atoms with Crippen LogP contribution in [0, 0.1) is 35.0 Å². The summed E-state index contributed by atoms with van der Waals surface area (Å²) in [6.07, 6.45) is 13.8. The van der Waals surface area contributed by atoms with Crippen LogP contribution < -0.4 is 0 Å².